The van der Waals surface area contributed by atoms with Crippen LogP contribution in [0.2, 0.25) is 0 Å². The molecule has 0 aliphatic heterocycles. The molecule has 0 fully saturated rings. The Morgan fingerprint density at radius 1 is 1.16 bits per heavy atom. The molecular formula is C15H12N2O2. The van der Waals surface area contributed by atoms with E-state index in [9.17, 15) is 9.90 Å². The lowest BCUT2D eigenvalue weighted by Crippen LogP contribution is -2.19. The highest BCUT2D eigenvalue weighted by Crippen LogP contribution is 2.23. The molecule has 3 aromatic rings. The van der Waals surface area contributed by atoms with Gasteiger partial charge in [-0.15, -0.1) is 0 Å². The van der Waals surface area contributed by atoms with Gasteiger partial charge in [-0.05, 0) is 22.4 Å². The lowest BCUT2D eigenvalue weighted by Gasteiger charge is -2.14. The van der Waals surface area contributed by atoms with Gasteiger partial charge in [0.25, 0.3) is 0 Å². The third-order valence-corrected chi connectivity index (χ3v) is 3.15. The van der Waals surface area contributed by atoms with Crippen LogP contribution < -0.4 is 0 Å². The summed E-state index contributed by atoms with van der Waals surface area (Å²) in [5, 5.41) is 11.6. The van der Waals surface area contributed by atoms with Crippen molar-refractivity contribution in [1.82, 2.24) is 9.55 Å². The fraction of sp³-hybridized carbons (Fsp3) is 0.0667. The van der Waals surface area contributed by atoms with E-state index in [1.807, 2.05) is 42.5 Å². The van der Waals surface area contributed by atoms with Gasteiger partial charge in [-0.25, -0.2) is 9.78 Å². The highest BCUT2D eigenvalue weighted by molar-refractivity contribution is 5.85. The largest absolute Gasteiger partial charge is 0.479 e. The van der Waals surface area contributed by atoms with Crippen LogP contribution in [0.25, 0.3) is 10.8 Å². The molecule has 0 amide bonds. The fourth-order valence-corrected chi connectivity index (χ4v) is 2.24. The second-order valence-corrected chi connectivity index (χ2v) is 4.36. The molecule has 0 bridgehead atoms. The Kier molecular flexibility index (Phi) is 2.76. The van der Waals surface area contributed by atoms with Crippen LogP contribution in [0.5, 0.6) is 0 Å². The first-order chi connectivity index (χ1) is 9.25. The van der Waals surface area contributed by atoms with E-state index in [0.29, 0.717) is 0 Å². The van der Waals surface area contributed by atoms with E-state index in [4.69, 9.17) is 0 Å². The molecule has 0 aliphatic carbocycles. The highest BCUT2D eigenvalue weighted by atomic mass is 16.4. The topological polar surface area (TPSA) is 55.1 Å². The van der Waals surface area contributed by atoms with E-state index in [-0.39, 0.29) is 0 Å². The standard InChI is InChI=1S/C15H12N2O2/c18-15(19)14(17-8-7-16-10-17)13-6-5-11-3-1-2-4-12(11)9-13/h1-10,14H,(H,18,19). The monoisotopic (exact) mass is 252 g/mol. The number of imidazole rings is 1. The van der Waals surface area contributed by atoms with E-state index in [1.165, 1.54) is 6.33 Å². The second kappa shape index (κ2) is 4.57. The number of nitrogens with zero attached hydrogens (tertiary/aromatic N) is 2. The van der Waals surface area contributed by atoms with Crippen LogP contribution in [0.15, 0.2) is 61.2 Å². The van der Waals surface area contributed by atoms with Gasteiger partial charge in [-0.1, -0.05) is 36.4 Å². The van der Waals surface area contributed by atoms with Gasteiger partial charge in [0.05, 0.1) is 6.33 Å². The SMILES string of the molecule is O=C(O)C(c1ccc2ccccc2c1)n1ccnc1. The molecule has 0 radical (unpaired) electrons. The number of hydrogen-bond acceptors (Lipinski definition) is 2. The number of aromatic nitrogens is 2. The molecule has 1 aromatic heterocycles. The molecule has 2 aromatic carbocycles. The van der Waals surface area contributed by atoms with Gasteiger partial charge < -0.3 is 9.67 Å². The van der Waals surface area contributed by atoms with Crippen molar-refractivity contribution in [2.24, 2.45) is 0 Å². The van der Waals surface area contributed by atoms with Gasteiger partial charge in [0, 0.05) is 12.4 Å². The minimum atomic E-state index is -0.895. The first-order valence-electron chi connectivity index (χ1n) is 5.94. The minimum absolute atomic E-state index is 0.740. The molecule has 0 saturated carbocycles. The van der Waals surface area contributed by atoms with Gasteiger partial charge in [-0.3, -0.25) is 0 Å². The minimum Gasteiger partial charge on any atom is -0.479 e. The van der Waals surface area contributed by atoms with Crippen molar-refractivity contribution in [3.8, 4) is 0 Å². The molecule has 4 heteroatoms. The summed E-state index contributed by atoms with van der Waals surface area (Å²) in [5.41, 5.74) is 0.740. The summed E-state index contributed by atoms with van der Waals surface area (Å²) in [6.07, 6.45) is 4.76. The highest BCUT2D eigenvalue weighted by Gasteiger charge is 2.21. The predicted molar refractivity (Wildman–Crippen MR) is 71.9 cm³/mol. The number of carbonyl (C=O) groups is 1. The third-order valence-electron chi connectivity index (χ3n) is 3.15. The maximum absolute atomic E-state index is 11.5. The van der Waals surface area contributed by atoms with E-state index < -0.39 is 12.0 Å². The van der Waals surface area contributed by atoms with Crippen molar-refractivity contribution in [3.05, 3.63) is 66.7 Å². The number of carboxylic acids is 1. The van der Waals surface area contributed by atoms with Gasteiger partial charge in [0.15, 0.2) is 6.04 Å². The number of hydrogen-bond donors (Lipinski definition) is 1. The van der Waals surface area contributed by atoms with Crippen molar-refractivity contribution >= 4 is 16.7 Å². The van der Waals surface area contributed by atoms with Crippen LogP contribution in [-0.2, 0) is 4.79 Å². The van der Waals surface area contributed by atoms with Gasteiger partial charge in [-0.2, -0.15) is 0 Å². The zero-order valence-electron chi connectivity index (χ0n) is 10.1. The second-order valence-electron chi connectivity index (χ2n) is 4.36. The summed E-state index contributed by atoms with van der Waals surface area (Å²) in [4.78, 5) is 15.4. The average molecular weight is 252 g/mol. The molecule has 19 heavy (non-hydrogen) atoms. The van der Waals surface area contributed by atoms with E-state index in [0.717, 1.165) is 16.3 Å². The third kappa shape index (κ3) is 2.08. The molecule has 1 N–H and O–H groups in total. The Balaban J connectivity index is 2.13. The summed E-state index contributed by atoms with van der Waals surface area (Å²) in [7, 11) is 0. The van der Waals surface area contributed by atoms with Crippen LogP contribution in [0.1, 0.15) is 11.6 Å². The summed E-state index contributed by atoms with van der Waals surface area (Å²) in [6, 6.07) is 12.9. The lowest BCUT2D eigenvalue weighted by molar-refractivity contribution is -0.139. The van der Waals surface area contributed by atoms with Crippen molar-refractivity contribution in [2.45, 2.75) is 6.04 Å². The maximum Gasteiger partial charge on any atom is 0.331 e. The molecule has 0 aliphatic rings. The van der Waals surface area contributed by atoms with Crippen LogP contribution in [-0.4, -0.2) is 20.6 Å². The van der Waals surface area contributed by atoms with Crippen LogP contribution in [0.4, 0.5) is 0 Å². The maximum atomic E-state index is 11.5. The first kappa shape index (κ1) is 11.5. The van der Waals surface area contributed by atoms with Crippen molar-refractivity contribution in [3.63, 3.8) is 0 Å². The number of aliphatic carboxylic acids is 1. The van der Waals surface area contributed by atoms with E-state index in [2.05, 4.69) is 4.98 Å². The molecule has 1 atom stereocenters. The van der Waals surface area contributed by atoms with Gasteiger partial charge in [0.2, 0.25) is 0 Å². The summed E-state index contributed by atoms with van der Waals surface area (Å²) >= 11 is 0. The summed E-state index contributed by atoms with van der Waals surface area (Å²) in [5.74, 6) is -0.895. The normalized spacial score (nSPS) is 12.4. The number of fused-ring (bicyclic) bond motifs is 1. The Morgan fingerprint density at radius 3 is 2.63 bits per heavy atom. The predicted octanol–water partition coefficient (Wildman–Crippen LogP) is 2.71. The Morgan fingerprint density at radius 2 is 1.95 bits per heavy atom. The lowest BCUT2D eigenvalue weighted by atomic mass is 10.0. The quantitative estimate of drug-likeness (QED) is 0.779. The van der Waals surface area contributed by atoms with Crippen molar-refractivity contribution in [2.75, 3.05) is 0 Å². The van der Waals surface area contributed by atoms with Gasteiger partial charge in [0.1, 0.15) is 0 Å². The van der Waals surface area contributed by atoms with Crippen LogP contribution in [0.3, 0.4) is 0 Å². The molecule has 94 valence electrons. The Hall–Kier alpha value is -2.62. The molecule has 0 saturated heterocycles. The number of carboxylic acid groups (broad SMARTS) is 1. The molecule has 4 nitrogen and oxygen atoms in total. The zero-order valence-corrected chi connectivity index (χ0v) is 10.1. The first-order valence-corrected chi connectivity index (χ1v) is 5.94. The average Bonchev–Trinajstić information content (AvgIpc) is 2.92. The number of benzene rings is 2. The Bertz CT molecular complexity index is 720. The molecule has 0 spiro atoms. The van der Waals surface area contributed by atoms with E-state index >= 15 is 0 Å². The van der Waals surface area contributed by atoms with Crippen molar-refractivity contribution in [1.29, 1.82) is 0 Å². The molecule has 1 unspecified atom stereocenters. The van der Waals surface area contributed by atoms with Gasteiger partial charge >= 0.3 is 5.97 Å². The van der Waals surface area contributed by atoms with E-state index in [1.54, 1.807) is 17.0 Å². The smallest absolute Gasteiger partial charge is 0.331 e. The zero-order chi connectivity index (χ0) is 13.2. The van der Waals surface area contributed by atoms with Crippen LogP contribution in [0, 0.1) is 0 Å². The number of rotatable bonds is 3. The molecule has 3 rings (SSSR count). The van der Waals surface area contributed by atoms with Crippen LogP contribution >= 0.6 is 0 Å². The summed E-state index contributed by atoms with van der Waals surface area (Å²) < 4.78 is 1.59. The molecular weight excluding hydrogens is 240 g/mol. The fourth-order valence-electron chi connectivity index (χ4n) is 2.24. The van der Waals surface area contributed by atoms with Crippen molar-refractivity contribution < 1.29 is 9.90 Å². The summed E-state index contributed by atoms with van der Waals surface area (Å²) in [6.45, 7) is 0. The molecule has 1 heterocycles. The Labute approximate surface area is 109 Å².